The summed E-state index contributed by atoms with van der Waals surface area (Å²) in [5.74, 6) is -0.377. The van der Waals surface area contributed by atoms with Crippen LogP contribution < -0.4 is 5.73 Å². The summed E-state index contributed by atoms with van der Waals surface area (Å²) in [6.07, 6.45) is 3.26. The van der Waals surface area contributed by atoms with E-state index in [0.717, 1.165) is 0 Å². The molecular weight excluding hydrogens is 169 g/mol. The maximum Gasteiger partial charge on any atom is 0.142 e. The number of nitrogen functional groups attached to an aromatic ring is 1. The van der Waals surface area contributed by atoms with Crippen molar-refractivity contribution in [1.82, 2.24) is 0 Å². The van der Waals surface area contributed by atoms with Crippen LogP contribution in [0.15, 0.2) is 18.2 Å². The van der Waals surface area contributed by atoms with Crippen LogP contribution in [0.2, 0.25) is 0 Å². The van der Waals surface area contributed by atoms with Gasteiger partial charge in [0.1, 0.15) is 12.1 Å². The van der Waals surface area contributed by atoms with E-state index in [1.807, 2.05) is 0 Å². The number of aldehydes is 1. The zero-order valence-corrected chi connectivity index (χ0v) is 7.25. The van der Waals surface area contributed by atoms with Crippen LogP contribution >= 0.6 is 0 Å². The van der Waals surface area contributed by atoms with E-state index in [0.29, 0.717) is 23.1 Å². The first-order valence-electron chi connectivity index (χ1n) is 3.83. The number of allylic oxidation sites excluding steroid dienone is 1. The summed E-state index contributed by atoms with van der Waals surface area (Å²) in [7, 11) is 0. The van der Waals surface area contributed by atoms with Crippen molar-refractivity contribution < 1.29 is 9.18 Å². The highest BCUT2D eigenvalue weighted by molar-refractivity contribution is 5.74. The summed E-state index contributed by atoms with van der Waals surface area (Å²) in [6, 6.07) is 3.15. The molecule has 1 aromatic rings. The molecule has 0 heterocycles. The third-order valence-corrected chi connectivity index (χ3v) is 1.81. The lowest BCUT2D eigenvalue weighted by Crippen LogP contribution is -1.94. The van der Waals surface area contributed by atoms with E-state index in [4.69, 9.17) is 5.73 Å². The van der Waals surface area contributed by atoms with Gasteiger partial charge in [-0.2, -0.15) is 0 Å². The molecule has 0 fully saturated rings. The Morgan fingerprint density at radius 2 is 2.15 bits per heavy atom. The Kier molecular flexibility index (Phi) is 2.80. The van der Waals surface area contributed by atoms with Crippen LogP contribution in [0, 0.1) is 12.7 Å². The predicted molar refractivity (Wildman–Crippen MR) is 50.6 cm³/mol. The first kappa shape index (κ1) is 9.45. The zero-order valence-electron chi connectivity index (χ0n) is 7.25. The minimum Gasteiger partial charge on any atom is -0.398 e. The van der Waals surface area contributed by atoms with Gasteiger partial charge in [0, 0.05) is 16.8 Å². The molecule has 0 atom stereocenters. The molecule has 0 aliphatic heterocycles. The highest BCUT2D eigenvalue weighted by Crippen LogP contribution is 2.19. The molecule has 0 saturated heterocycles. The summed E-state index contributed by atoms with van der Waals surface area (Å²) < 4.78 is 13.3. The molecule has 0 amide bonds. The average molecular weight is 179 g/mol. The molecule has 0 saturated carbocycles. The maximum absolute atomic E-state index is 13.3. The third-order valence-electron chi connectivity index (χ3n) is 1.81. The lowest BCUT2D eigenvalue weighted by atomic mass is 10.1. The van der Waals surface area contributed by atoms with Crippen molar-refractivity contribution >= 4 is 18.0 Å². The molecule has 0 radical (unpaired) electrons. The minimum absolute atomic E-state index is 0.374. The van der Waals surface area contributed by atoms with Crippen molar-refractivity contribution in [3.05, 3.63) is 35.2 Å². The standard InChI is InChI=1S/C10H10FNO/c1-7-9(12)5-4-8(10(7)11)3-2-6-13/h2-6H,12H2,1H3. The topological polar surface area (TPSA) is 43.1 Å². The summed E-state index contributed by atoms with van der Waals surface area (Å²) in [4.78, 5) is 10.0. The van der Waals surface area contributed by atoms with Gasteiger partial charge < -0.3 is 5.73 Å². The SMILES string of the molecule is Cc1c(N)ccc(C=CC=O)c1F. The summed E-state index contributed by atoms with van der Waals surface area (Å²) >= 11 is 0. The summed E-state index contributed by atoms with van der Waals surface area (Å²) in [5, 5.41) is 0. The van der Waals surface area contributed by atoms with Crippen LogP contribution in [-0.4, -0.2) is 6.29 Å². The van der Waals surface area contributed by atoms with Crippen LogP contribution in [0.5, 0.6) is 0 Å². The van der Waals surface area contributed by atoms with E-state index in [1.54, 1.807) is 13.0 Å². The molecule has 0 aliphatic rings. The molecule has 68 valence electrons. The van der Waals surface area contributed by atoms with Gasteiger partial charge in [-0.3, -0.25) is 4.79 Å². The van der Waals surface area contributed by atoms with Crippen LogP contribution in [0.1, 0.15) is 11.1 Å². The number of anilines is 1. The number of hydrogen-bond acceptors (Lipinski definition) is 2. The van der Waals surface area contributed by atoms with Gasteiger partial charge in [-0.15, -0.1) is 0 Å². The van der Waals surface area contributed by atoms with Gasteiger partial charge in [0.2, 0.25) is 0 Å². The molecule has 0 aromatic heterocycles. The lowest BCUT2D eigenvalue weighted by molar-refractivity contribution is -0.104. The highest BCUT2D eigenvalue weighted by atomic mass is 19.1. The number of hydrogen-bond donors (Lipinski definition) is 1. The monoisotopic (exact) mass is 179 g/mol. The molecule has 1 aromatic carbocycles. The van der Waals surface area contributed by atoms with Gasteiger partial charge in [0.25, 0.3) is 0 Å². The van der Waals surface area contributed by atoms with Crippen molar-refractivity contribution in [3.8, 4) is 0 Å². The van der Waals surface area contributed by atoms with Crippen molar-refractivity contribution in [1.29, 1.82) is 0 Å². The predicted octanol–water partition coefficient (Wildman–Crippen LogP) is 1.93. The van der Waals surface area contributed by atoms with Crippen LogP contribution in [0.3, 0.4) is 0 Å². The Bertz CT molecular complexity index is 358. The van der Waals surface area contributed by atoms with E-state index in [9.17, 15) is 9.18 Å². The van der Waals surface area contributed by atoms with E-state index in [-0.39, 0.29) is 5.82 Å². The van der Waals surface area contributed by atoms with Gasteiger partial charge in [-0.25, -0.2) is 4.39 Å². The van der Waals surface area contributed by atoms with Gasteiger partial charge in [-0.1, -0.05) is 0 Å². The number of rotatable bonds is 2. The first-order chi connectivity index (χ1) is 6.16. The molecule has 0 unspecified atom stereocenters. The van der Waals surface area contributed by atoms with Gasteiger partial charge >= 0.3 is 0 Å². The smallest absolute Gasteiger partial charge is 0.142 e. The molecule has 13 heavy (non-hydrogen) atoms. The van der Waals surface area contributed by atoms with Crippen LogP contribution in [0.4, 0.5) is 10.1 Å². The average Bonchev–Trinajstić information content (AvgIpc) is 2.13. The number of nitrogens with two attached hydrogens (primary N) is 1. The van der Waals surface area contributed by atoms with E-state index in [2.05, 4.69) is 0 Å². The van der Waals surface area contributed by atoms with Gasteiger partial charge in [-0.05, 0) is 31.2 Å². The Morgan fingerprint density at radius 3 is 2.77 bits per heavy atom. The normalized spacial score (nSPS) is 10.6. The molecule has 2 nitrogen and oxygen atoms in total. The number of halogens is 1. The zero-order chi connectivity index (χ0) is 9.84. The summed E-state index contributed by atoms with van der Waals surface area (Å²) in [5.41, 5.74) is 6.69. The van der Waals surface area contributed by atoms with E-state index < -0.39 is 0 Å². The Hall–Kier alpha value is -1.64. The largest absolute Gasteiger partial charge is 0.398 e. The Morgan fingerprint density at radius 1 is 1.46 bits per heavy atom. The van der Waals surface area contributed by atoms with Gasteiger partial charge in [0.05, 0.1) is 0 Å². The molecule has 0 spiro atoms. The molecule has 1 rings (SSSR count). The molecule has 0 aliphatic carbocycles. The van der Waals surface area contributed by atoms with Gasteiger partial charge in [0.15, 0.2) is 0 Å². The lowest BCUT2D eigenvalue weighted by Gasteiger charge is -2.03. The fraction of sp³-hybridized carbons (Fsp3) is 0.100. The van der Waals surface area contributed by atoms with E-state index in [1.165, 1.54) is 18.2 Å². The second kappa shape index (κ2) is 3.85. The van der Waals surface area contributed by atoms with Crippen molar-refractivity contribution in [2.45, 2.75) is 6.92 Å². The number of carbonyl (C=O) groups is 1. The first-order valence-corrected chi connectivity index (χ1v) is 3.83. The van der Waals surface area contributed by atoms with Crippen molar-refractivity contribution in [2.24, 2.45) is 0 Å². The highest BCUT2D eigenvalue weighted by Gasteiger charge is 2.04. The minimum atomic E-state index is -0.377. The summed E-state index contributed by atoms with van der Waals surface area (Å²) in [6.45, 7) is 1.60. The molecule has 2 N–H and O–H groups in total. The number of benzene rings is 1. The van der Waals surface area contributed by atoms with Crippen LogP contribution in [-0.2, 0) is 4.79 Å². The second-order valence-corrected chi connectivity index (χ2v) is 2.68. The number of carbonyl (C=O) groups excluding carboxylic acids is 1. The molecule has 0 bridgehead atoms. The van der Waals surface area contributed by atoms with Crippen molar-refractivity contribution in [3.63, 3.8) is 0 Å². The second-order valence-electron chi connectivity index (χ2n) is 2.68. The molecular formula is C10H10FNO. The fourth-order valence-corrected chi connectivity index (χ4v) is 0.993. The third kappa shape index (κ3) is 1.93. The molecule has 3 heteroatoms. The quantitative estimate of drug-likeness (QED) is 0.428. The van der Waals surface area contributed by atoms with Crippen molar-refractivity contribution in [2.75, 3.05) is 5.73 Å². The van der Waals surface area contributed by atoms with E-state index >= 15 is 0 Å². The Balaban J connectivity index is 3.17. The Labute approximate surface area is 75.9 Å². The van der Waals surface area contributed by atoms with Crippen LogP contribution in [0.25, 0.3) is 6.08 Å². The maximum atomic E-state index is 13.3. The fourth-order valence-electron chi connectivity index (χ4n) is 0.993.